The van der Waals surface area contributed by atoms with E-state index in [-0.39, 0.29) is 6.04 Å². The topological polar surface area (TPSA) is 44.5 Å². The molecule has 14 heavy (non-hydrogen) atoms. The molecule has 1 aromatic carbocycles. The quantitative estimate of drug-likeness (QED) is 0.782. The molecule has 4 heteroatoms. The number of rotatable bonds is 3. The summed E-state index contributed by atoms with van der Waals surface area (Å²) < 4.78 is 10.5. The third-order valence-electron chi connectivity index (χ3n) is 2.24. The summed E-state index contributed by atoms with van der Waals surface area (Å²) in [5.41, 5.74) is 6.96. The van der Waals surface area contributed by atoms with E-state index in [9.17, 15) is 0 Å². The Kier molecular flexibility index (Phi) is 2.79. The number of nitrogens with two attached hydrogens (primary N) is 1. The van der Waals surface area contributed by atoms with Gasteiger partial charge in [0.2, 0.25) is 6.79 Å². The lowest BCUT2D eigenvalue weighted by Crippen LogP contribution is -2.10. The minimum absolute atomic E-state index is 0.0259. The molecule has 2 rings (SSSR count). The molecule has 1 heterocycles. The monoisotopic (exact) mass is 213 g/mol. The van der Waals surface area contributed by atoms with Crippen LogP contribution in [0.25, 0.3) is 0 Å². The van der Waals surface area contributed by atoms with Crippen LogP contribution in [-0.2, 0) is 0 Å². The molecule has 1 atom stereocenters. The molecule has 0 aromatic heterocycles. The maximum atomic E-state index is 5.92. The van der Waals surface area contributed by atoms with E-state index in [1.165, 1.54) is 0 Å². The van der Waals surface area contributed by atoms with Crippen LogP contribution in [0.2, 0.25) is 0 Å². The van der Waals surface area contributed by atoms with E-state index < -0.39 is 0 Å². The van der Waals surface area contributed by atoms with Gasteiger partial charge in [-0.2, -0.15) is 0 Å². The summed E-state index contributed by atoms with van der Waals surface area (Å²) in [6.07, 6.45) is 0.765. The normalized spacial score (nSPS) is 15.6. The zero-order valence-electron chi connectivity index (χ0n) is 7.70. The highest BCUT2D eigenvalue weighted by atomic mass is 35.5. The lowest BCUT2D eigenvalue weighted by atomic mass is 10.1. The maximum Gasteiger partial charge on any atom is 0.231 e. The van der Waals surface area contributed by atoms with Crippen molar-refractivity contribution in [2.24, 2.45) is 5.73 Å². The maximum absolute atomic E-state index is 5.92. The fourth-order valence-corrected chi connectivity index (χ4v) is 1.66. The second kappa shape index (κ2) is 4.07. The summed E-state index contributed by atoms with van der Waals surface area (Å²) in [5, 5.41) is 0. The van der Waals surface area contributed by atoms with E-state index in [1.807, 2.05) is 18.2 Å². The van der Waals surface area contributed by atoms with Gasteiger partial charge in [0.15, 0.2) is 11.5 Å². The van der Waals surface area contributed by atoms with Gasteiger partial charge in [-0.1, -0.05) is 6.07 Å². The van der Waals surface area contributed by atoms with Crippen molar-refractivity contribution in [1.29, 1.82) is 0 Å². The molecule has 0 aliphatic carbocycles. The predicted octanol–water partition coefficient (Wildman–Crippen LogP) is 2.04. The Morgan fingerprint density at radius 3 is 2.93 bits per heavy atom. The number of benzene rings is 1. The number of alkyl halides is 1. The van der Waals surface area contributed by atoms with Gasteiger partial charge in [0.1, 0.15) is 0 Å². The van der Waals surface area contributed by atoms with E-state index >= 15 is 0 Å². The first-order valence-electron chi connectivity index (χ1n) is 4.52. The van der Waals surface area contributed by atoms with E-state index in [0.29, 0.717) is 12.7 Å². The van der Waals surface area contributed by atoms with Crippen LogP contribution in [0.5, 0.6) is 11.5 Å². The highest BCUT2D eigenvalue weighted by Gasteiger charge is 2.15. The number of hydrogen-bond acceptors (Lipinski definition) is 3. The summed E-state index contributed by atoms with van der Waals surface area (Å²) in [7, 11) is 0. The lowest BCUT2D eigenvalue weighted by Gasteiger charge is -2.10. The molecule has 1 aliphatic rings. The molecular formula is C10H12ClNO2. The first-order valence-corrected chi connectivity index (χ1v) is 5.06. The second-order valence-corrected chi connectivity index (χ2v) is 3.57. The zero-order valence-corrected chi connectivity index (χ0v) is 8.46. The highest BCUT2D eigenvalue weighted by molar-refractivity contribution is 6.17. The van der Waals surface area contributed by atoms with Crippen molar-refractivity contribution in [3.8, 4) is 11.5 Å². The van der Waals surface area contributed by atoms with Gasteiger partial charge < -0.3 is 15.2 Å². The Hall–Kier alpha value is -0.930. The number of fused-ring (bicyclic) bond motifs is 1. The van der Waals surface area contributed by atoms with Crippen LogP contribution < -0.4 is 15.2 Å². The minimum atomic E-state index is -0.0259. The van der Waals surface area contributed by atoms with Crippen LogP contribution >= 0.6 is 11.6 Å². The van der Waals surface area contributed by atoms with Gasteiger partial charge in [0.25, 0.3) is 0 Å². The molecule has 0 bridgehead atoms. The summed E-state index contributed by atoms with van der Waals surface area (Å²) >= 11 is 5.63. The Labute approximate surface area is 87.8 Å². The number of hydrogen-bond donors (Lipinski definition) is 1. The first kappa shape index (κ1) is 9.62. The van der Waals surface area contributed by atoms with E-state index in [0.717, 1.165) is 23.5 Å². The molecule has 0 radical (unpaired) electrons. The van der Waals surface area contributed by atoms with Gasteiger partial charge in [-0.05, 0) is 24.1 Å². The van der Waals surface area contributed by atoms with Crippen molar-refractivity contribution in [3.05, 3.63) is 23.8 Å². The number of halogens is 1. The number of ether oxygens (including phenoxy) is 2. The minimum Gasteiger partial charge on any atom is -0.454 e. The summed E-state index contributed by atoms with van der Waals surface area (Å²) in [5.74, 6) is 2.12. The largest absolute Gasteiger partial charge is 0.454 e. The molecule has 1 unspecified atom stereocenters. The van der Waals surface area contributed by atoms with Crippen molar-refractivity contribution in [2.45, 2.75) is 12.5 Å². The fourth-order valence-electron chi connectivity index (χ4n) is 1.43. The van der Waals surface area contributed by atoms with Gasteiger partial charge in [0.05, 0.1) is 0 Å². The molecular weight excluding hydrogens is 202 g/mol. The molecule has 0 saturated heterocycles. The Bertz CT molecular complexity index is 330. The third kappa shape index (κ3) is 1.79. The van der Waals surface area contributed by atoms with Crippen LogP contribution in [0.4, 0.5) is 0 Å². The van der Waals surface area contributed by atoms with Crippen LogP contribution in [0, 0.1) is 0 Å². The standard InChI is InChI=1S/C10H12ClNO2/c11-4-3-8(12)7-1-2-9-10(5-7)14-6-13-9/h1-2,5,8H,3-4,6,12H2. The Morgan fingerprint density at radius 2 is 2.14 bits per heavy atom. The second-order valence-electron chi connectivity index (χ2n) is 3.20. The SMILES string of the molecule is NC(CCCl)c1ccc2c(c1)OCO2. The molecule has 76 valence electrons. The van der Waals surface area contributed by atoms with Gasteiger partial charge in [-0.15, -0.1) is 11.6 Å². The molecule has 2 N–H and O–H groups in total. The average Bonchev–Trinajstić information content (AvgIpc) is 2.64. The van der Waals surface area contributed by atoms with Crippen molar-refractivity contribution in [1.82, 2.24) is 0 Å². The summed E-state index contributed by atoms with van der Waals surface area (Å²) in [6.45, 7) is 0.295. The summed E-state index contributed by atoms with van der Waals surface area (Å²) in [4.78, 5) is 0. The van der Waals surface area contributed by atoms with Crippen molar-refractivity contribution >= 4 is 11.6 Å². The van der Waals surface area contributed by atoms with Gasteiger partial charge in [0, 0.05) is 11.9 Å². The molecule has 0 spiro atoms. The van der Waals surface area contributed by atoms with Crippen molar-refractivity contribution in [2.75, 3.05) is 12.7 Å². The van der Waals surface area contributed by atoms with Crippen LogP contribution in [0.1, 0.15) is 18.0 Å². The summed E-state index contributed by atoms with van der Waals surface area (Å²) in [6, 6.07) is 5.72. The Morgan fingerprint density at radius 1 is 1.36 bits per heavy atom. The van der Waals surface area contributed by atoms with Crippen molar-refractivity contribution in [3.63, 3.8) is 0 Å². The molecule has 0 saturated carbocycles. The molecule has 3 nitrogen and oxygen atoms in total. The highest BCUT2D eigenvalue weighted by Crippen LogP contribution is 2.34. The molecule has 0 fully saturated rings. The van der Waals surface area contributed by atoms with Gasteiger partial charge in [-0.25, -0.2) is 0 Å². The van der Waals surface area contributed by atoms with E-state index in [4.69, 9.17) is 26.8 Å². The van der Waals surface area contributed by atoms with Crippen LogP contribution in [-0.4, -0.2) is 12.7 Å². The van der Waals surface area contributed by atoms with E-state index in [2.05, 4.69) is 0 Å². The predicted molar refractivity (Wildman–Crippen MR) is 54.8 cm³/mol. The van der Waals surface area contributed by atoms with Crippen molar-refractivity contribution < 1.29 is 9.47 Å². The smallest absolute Gasteiger partial charge is 0.231 e. The third-order valence-corrected chi connectivity index (χ3v) is 2.46. The zero-order chi connectivity index (χ0) is 9.97. The van der Waals surface area contributed by atoms with E-state index in [1.54, 1.807) is 0 Å². The fraction of sp³-hybridized carbons (Fsp3) is 0.400. The van der Waals surface area contributed by atoms with Crippen LogP contribution in [0.15, 0.2) is 18.2 Å². The average molecular weight is 214 g/mol. The van der Waals surface area contributed by atoms with Gasteiger partial charge in [-0.3, -0.25) is 0 Å². The van der Waals surface area contributed by atoms with Crippen LogP contribution in [0.3, 0.4) is 0 Å². The van der Waals surface area contributed by atoms with Gasteiger partial charge >= 0.3 is 0 Å². The Balaban J connectivity index is 2.19. The first-order chi connectivity index (χ1) is 6.81. The lowest BCUT2D eigenvalue weighted by molar-refractivity contribution is 0.174. The molecule has 1 aliphatic heterocycles. The molecule has 1 aromatic rings. The molecule has 0 amide bonds.